The number of rotatable bonds is 5. The Balaban J connectivity index is 1.50. The van der Waals surface area contributed by atoms with Gasteiger partial charge in [-0.3, -0.25) is 9.20 Å². The summed E-state index contributed by atoms with van der Waals surface area (Å²) in [5.41, 5.74) is 2.27. The largest absolute Gasteiger partial charge is 0.301 e. The molecule has 0 radical (unpaired) electrons. The minimum Gasteiger partial charge on any atom is -0.301 e. The summed E-state index contributed by atoms with van der Waals surface area (Å²) in [6.45, 7) is 4.41. The molecular formula is C19H20N6OS3. The second kappa shape index (κ2) is 7.66. The predicted molar refractivity (Wildman–Crippen MR) is 118 cm³/mol. The van der Waals surface area contributed by atoms with Crippen LogP contribution in [0.1, 0.15) is 36.5 Å². The lowest BCUT2D eigenvalue weighted by molar-refractivity contribution is -0.113. The van der Waals surface area contributed by atoms with Crippen molar-refractivity contribution in [1.29, 1.82) is 0 Å². The zero-order chi connectivity index (χ0) is 20.0. The van der Waals surface area contributed by atoms with Crippen molar-refractivity contribution in [2.75, 3.05) is 11.1 Å². The number of amides is 1. The molecule has 0 saturated carbocycles. The van der Waals surface area contributed by atoms with Crippen LogP contribution in [0.4, 0.5) is 5.13 Å². The van der Waals surface area contributed by atoms with E-state index >= 15 is 0 Å². The maximum absolute atomic E-state index is 12.3. The average Bonchev–Trinajstić information content (AvgIpc) is 3.43. The third kappa shape index (κ3) is 3.43. The van der Waals surface area contributed by atoms with Gasteiger partial charge in [0.25, 0.3) is 0 Å². The molecule has 4 aromatic rings. The Labute approximate surface area is 180 Å². The van der Waals surface area contributed by atoms with Crippen molar-refractivity contribution < 1.29 is 4.79 Å². The molecule has 29 heavy (non-hydrogen) atoms. The highest BCUT2D eigenvalue weighted by molar-refractivity contribution is 7.99. The van der Waals surface area contributed by atoms with Crippen LogP contribution >= 0.6 is 34.4 Å². The molecule has 150 valence electrons. The fourth-order valence-corrected chi connectivity index (χ4v) is 6.47. The van der Waals surface area contributed by atoms with E-state index in [1.54, 1.807) is 6.20 Å². The first-order chi connectivity index (χ1) is 14.1. The number of aromatic nitrogens is 5. The Morgan fingerprint density at radius 1 is 1.41 bits per heavy atom. The number of nitrogens with one attached hydrogen (secondary N) is 1. The van der Waals surface area contributed by atoms with Crippen LogP contribution in [0.15, 0.2) is 16.7 Å². The zero-order valence-corrected chi connectivity index (χ0v) is 18.6. The van der Waals surface area contributed by atoms with Gasteiger partial charge in [-0.15, -0.1) is 32.9 Å². The molecule has 1 aliphatic carbocycles. The summed E-state index contributed by atoms with van der Waals surface area (Å²) >= 11 is 4.60. The maximum atomic E-state index is 12.3. The Morgan fingerprint density at radius 2 is 2.31 bits per heavy atom. The molecule has 4 aromatic heterocycles. The van der Waals surface area contributed by atoms with Crippen molar-refractivity contribution in [1.82, 2.24) is 24.6 Å². The van der Waals surface area contributed by atoms with Crippen LogP contribution in [0, 0.1) is 5.92 Å². The van der Waals surface area contributed by atoms with Gasteiger partial charge in [-0.05, 0) is 30.7 Å². The van der Waals surface area contributed by atoms with Gasteiger partial charge in [-0.25, -0.2) is 9.97 Å². The summed E-state index contributed by atoms with van der Waals surface area (Å²) in [5.74, 6) is 1.81. The number of thioether (sulfide) groups is 1. The molecule has 5 rings (SSSR count). The lowest BCUT2D eigenvalue weighted by Gasteiger charge is -2.17. The first-order valence-corrected chi connectivity index (χ1v) is 12.3. The lowest BCUT2D eigenvalue weighted by atomic mass is 9.89. The number of thiophene rings is 1. The number of carbonyl (C=O) groups is 1. The Morgan fingerprint density at radius 3 is 3.10 bits per heavy atom. The van der Waals surface area contributed by atoms with E-state index in [1.807, 2.05) is 21.1 Å². The fourth-order valence-electron chi connectivity index (χ4n) is 3.78. The van der Waals surface area contributed by atoms with E-state index in [9.17, 15) is 4.79 Å². The molecule has 1 unspecified atom stereocenters. The molecular weight excluding hydrogens is 424 g/mol. The van der Waals surface area contributed by atoms with E-state index < -0.39 is 0 Å². The number of fused-ring (bicyclic) bond motifs is 5. The summed E-state index contributed by atoms with van der Waals surface area (Å²) in [6.07, 6.45) is 5.85. The molecule has 1 N–H and O–H groups in total. The first-order valence-electron chi connectivity index (χ1n) is 9.64. The van der Waals surface area contributed by atoms with Crippen molar-refractivity contribution in [2.24, 2.45) is 5.92 Å². The Hall–Kier alpha value is -2.04. The van der Waals surface area contributed by atoms with Gasteiger partial charge in [0, 0.05) is 22.9 Å². The molecule has 1 atom stereocenters. The summed E-state index contributed by atoms with van der Waals surface area (Å²) < 4.78 is 2.04. The highest BCUT2D eigenvalue weighted by Crippen LogP contribution is 2.39. The molecule has 0 spiro atoms. The van der Waals surface area contributed by atoms with Gasteiger partial charge in [0.15, 0.2) is 15.9 Å². The van der Waals surface area contributed by atoms with Crippen molar-refractivity contribution >= 4 is 61.3 Å². The molecule has 0 aromatic carbocycles. The van der Waals surface area contributed by atoms with Crippen LogP contribution in [0.25, 0.3) is 15.9 Å². The second-order valence-electron chi connectivity index (χ2n) is 7.23. The highest BCUT2D eigenvalue weighted by Gasteiger charge is 2.25. The summed E-state index contributed by atoms with van der Waals surface area (Å²) in [6, 6.07) is 0. The fraction of sp³-hybridized carbons (Fsp3) is 0.421. The summed E-state index contributed by atoms with van der Waals surface area (Å²) in [5, 5.41) is 16.1. The van der Waals surface area contributed by atoms with E-state index in [2.05, 4.69) is 34.3 Å². The minimum absolute atomic E-state index is 0.101. The van der Waals surface area contributed by atoms with Crippen LogP contribution in [0.5, 0.6) is 0 Å². The number of anilines is 1. The number of hydrogen-bond acceptors (Lipinski definition) is 8. The minimum atomic E-state index is -0.101. The van der Waals surface area contributed by atoms with E-state index in [-0.39, 0.29) is 11.7 Å². The Bertz CT molecular complexity index is 1200. The van der Waals surface area contributed by atoms with E-state index in [1.165, 1.54) is 40.0 Å². The first kappa shape index (κ1) is 19.0. The van der Waals surface area contributed by atoms with Crippen LogP contribution in [0.2, 0.25) is 0 Å². The third-order valence-electron chi connectivity index (χ3n) is 5.17. The quantitative estimate of drug-likeness (QED) is 0.464. The van der Waals surface area contributed by atoms with Crippen molar-refractivity contribution in [3.8, 4) is 0 Å². The van der Waals surface area contributed by atoms with E-state index in [0.717, 1.165) is 46.9 Å². The normalized spacial score (nSPS) is 16.4. The van der Waals surface area contributed by atoms with Crippen molar-refractivity contribution in [3.05, 3.63) is 27.8 Å². The Kier molecular flexibility index (Phi) is 5.00. The zero-order valence-electron chi connectivity index (χ0n) is 16.1. The van der Waals surface area contributed by atoms with Gasteiger partial charge in [0.1, 0.15) is 10.7 Å². The maximum Gasteiger partial charge on any atom is 0.236 e. The molecule has 1 amide bonds. The second-order valence-corrected chi connectivity index (χ2v) is 10.1. The van der Waals surface area contributed by atoms with Gasteiger partial charge in [-0.2, -0.15) is 0 Å². The lowest BCUT2D eigenvalue weighted by Crippen LogP contribution is -2.14. The molecule has 10 heteroatoms. The third-order valence-corrected chi connectivity index (χ3v) is 7.93. The molecule has 0 aliphatic heterocycles. The number of aryl methyl sites for hydroxylation is 2. The predicted octanol–water partition coefficient (Wildman–Crippen LogP) is 4.21. The van der Waals surface area contributed by atoms with Gasteiger partial charge < -0.3 is 5.32 Å². The molecule has 4 heterocycles. The SMILES string of the molecule is CCc1nc2sc3c(c2c2nnc(SCC(=O)Nc4nccs4)n12)CCC(C)C3. The van der Waals surface area contributed by atoms with Gasteiger partial charge in [0.2, 0.25) is 5.91 Å². The highest BCUT2D eigenvalue weighted by atomic mass is 32.2. The van der Waals surface area contributed by atoms with Crippen molar-refractivity contribution in [3.63, 3.8) is 0 Å². The smallest absolute Gasteiger partial charge is 0.236 e. The average molecular weight is 445 g/mol. The molecule has 0 fully saturated rings. The van der Waals surface area contributed by atoms with E-state index in [4.69, 9.17) is 4.98 Å². The molecule has 0 saturated heterocycles. The van der Waals surface area contributed by atoms with Crippen LogP contribution < -0.4 is 5.32 Å². The van der Waals surface area contributed by atoms with Crippen LogP contribution in [0.3, 0.4) is 0 Å². The number of nitrogens with zero attached hydrogens (tertiary/aromatic N) is 5. The number of hydrogen-bond donors (Lipinski definition) is 1. The standard InChI is InChI=1S/C19H20N6OS3/c1-3-13-21-17-15(11-5-4-10(2)8-12(11)29-17)16-23-24-19(25(13)16)28-9-14(26)22-18-20-6-7-27-18/h6-7,10H,3-5,8-9H2,1-2H3,(H,20,22,26). The van der Waals surface area contributed by atoms with Gasteiger partial charge >= 0.3 is 0 Å². The molecule has 1 aliphatic rings. The summed E-state index contributed by atoms with van der Waals surface area (Å²) in [7, 11) is 0. The monoisotopic (exact) mass is 444 g/mol. The van der Waals surface area contributed by atoms with Crippen LogP contribution in [-0.4, -0.2) is 36.2 Å². The van der Waals surface area contributed by atoms with Crippen LogP contribution in [-0.2, 0) is 24.1 Å². The topological polar surface area (TPSA) is 85.1 Å². The molecule has 0 bridgehead atoms. The van der Waals surface area contributed by atoms with Gasteiger partial charge in [0.05, 0.1) is 11.1 Å². The van der Waals surface area contributed by atoms with Gasteiger partial charge in [-0.1, -0.05) is 25.6 Å². The molecule has 7 nitrogen and oxygen atoms in total. The summed E-state index contributed by atoms with van der Waals surface area (Å²) in [4.78, 5) is 23.8. The van der Waals surface area contributed by atoms with Crippen molar-refractivity contribution in [2.45, 2.75) is 44.7 Å². The number of thiazole rings is 1. The van der Waals surface area contributed by atoms with E-state index in [0.29, 0.717) is 10.3 Å². The number of carbonyl (C=O) groups excluding carboxylic acids is 1.